The predicted molar refractivity (Wildman–Crippen MR) is 117 cm³/mol. The number of nitrogens with zero attached hydrogens (tertiary/aromatic N) is 1. The highest BCUT2D eigenvalue weighted by molar-refractivity contribution is 8.00. The molecule has 1 unspecified atom stereocenters. The molecule has 0 fully saturated rings. The summed E-state index contributed by atoms with van der Waals surface area (Å²) in [4.78, 5) is 15.8. The Morgan fingerprint density at radius 3 is 2.43 bits per heavy atom. The van der Waals surface area contributed by atoms with Crippen LogP contribution in [0.3, 0.4) is 0 Å². The fraction of sp³-hybridized carbons (Fsp3) is 0.125. The molecule has 0 bridgehead atoms. The van der Waals surface area contributed by atoms with Crippen LogP contribution >= 0.6 is 23.4 Å². The molecule has 1 aliphatic rings. The van der Waals surface area contributed by atoms with E-state index in [1.807, 2.05) is 53.4 Å². The van der Waals surface area contributed by atoms with E-state index >= 15 is 0 Å². The molecule has 0 aliphatic carbocycles. The number of halogens is 1. The van der Waals surface area contributed by atoms with Crippen molar-refractivity contribution in [3.05, 3.63) is 113 Å². The summed E-state index contributed by atoms with van der Waals surface area (Å²) >= 11 is 8.47. The molecule has 4 rings (SSSR count). The van der Waals surface area contributed by atoms with Crippen molar-refractivity contribution in [2.24, 2.45) is 0 Å². The summed E-state index contributed by atoms with van der Waals surface area (Å²) in [5.41, 5.74) is 3.26. The van der Waals surface area contributed by atoms with Gasteiger partial charge in [-0.25, -0.2) is 0 Å². The molecule has 3 aromatic rings. The zero-order valence-corrected chi connectivity index (χ0v) is 16.9. The van der Waals surface area contributed by atoms with Gasteiger partial charge in [0.05, 0.1) is 4.75 Å². The normalized spacial score (nSPS) is 18.8. The van der Waals surface area contributed by atoms with Crippen LogP contribution in [0.15, 0.2) is 96.4 Å². The van der Waals surface area contributed by atoms with Crippen molar-refractivity contribution < 1.29 is 4.79 Å². The first-order valence-corrected chi connectivity index (χ1v) is 10.3. The molecule has 1 heterocycles. The first-order chi connectivity index (χ1) is 13.6. The molecule has 0 N–H and O–H groups in total. The van der Waals surface area contributed by atoms with Crippen LogP contribution < -0.4 is 0 Å². The number of rotatable bonds is 3. The van der Waals surface area contributed by atoms with Crippen LogP contribution in [0, 0.1) is 0 Å². The maximum Gasteiger partial charge on any atom is 0.246 e. The Hall–Kier alpha value is -2.49. The molecular weight excluding hydrogens is 386 g/mol. The van der Waals surface area contributed by atoms with Gasteiger partial charge in [0, 0.05) is 23.0 Å². The van der Waals surface area contributed by atoms with E-state index in [4.69, 9.17) is 11.6 Å². The average molecular weight is 406 g/mol. The Bertz CT molecular complexity index is 1020. The van der Waals surface area contributed by atoms with Gasteiger partial charge in [-0.1, -0.05) is 84.9 Å². The summed E-state index contributed by atoms with van der Waals surface area (Å²) in [5, 5.41) is 0.698. The molecule has 0 spiro atoms. The van der Waals surface area contributed by atoms with Gasteiger partial charge in [-0.05, 0) is 34.9 Å². The smallest absolute Gasteiger partial charge is 0.246 e. The van der Waals surface area contributed by atoms with E-state index in [2.05, 4.69) is 36.9 Å². The molecule has 2 nitrogen and oxygen atoms in total. The van der Waals surface area contributed by atoms with E-state index in [0.29, 0.717) is 18.1 Å². The molecule has 140 valence electrons. The number of carbonyl (C=O) groups is 1. The average Bonchev–Trinajstić information content (AvgIpc) is 2.92. The second-order valence-corrected chi connectivity index (χ2v) is 8.53. The fourth-order valence-electron chi connectivity index (χ4n) is 3.71. The summed E-state index contributed by atoms with van der Waals surface area (Å²) in [6.07, 6.45) is 1.39. The van der Waals surface area contributed by atoms with Gasteiger partial charge in [-0.3, -0.25) is 4.79 Å². The lowest BCUT2D eigenvalue weighted by molar-refractivity contribution is -0.126. The first kappa shape index (κ1) is 18.9. The van der Waals surface area contributed by atoms with Gasteiger partial charge in [0.15, 0.2) is 0 Å². The third-order valence-corrected chi connectivity index (χ3v) is 6.95. The molecule has 28 heavy (non-hydrogen) atoms. The third kappa shape index (κ3) is 3.36. The summed E-state index contributed by atoms with van der Waals surface area (Å²) in [7, 11) is 0. The highest BCUT2D eigenvalue weighted by atomic mass is 35.5. The van der Waals surface area contributed by atoms with E-state index in [9.17, 15) is 4.79 Å². The van der Waals surface area contributed by atoms with Gasteiger partial charge in [-0.15, -0.1) is 11.8 Å². The van der Waals surface area contributed by atoms with Crippen LogP contribution in [0.25, 0.3) is 0 Å². The van der Waals surface area contributed by atoms with Crippen LogP contribution in [0.2, 0.25) is 5.02 Å². The van der Waals surface area contributed by atoms with Crippen molar-refractivity contribution in [3.63, 3.8) is 0 Å². The van der Waals surface area contributed by atoms with Gasteiger partial charge in [0.25, 0.3) is 0 Å². The highest BCUT2D eigenvalue weighted by Crippen LogP contribution is 2.51. The lowest BCUT2D eigenvalue weighted by Gasteiger charge is -2.37. The van der Waals surface area contributed by atoms with Crippen LogP contribution in [-0.4, -0.2) is 17.4 Å². The number of amides is 1. The van der Waals surface area contributed by atoms with Gasteiger partial charge in [-0.2, -0.15) is 0 Å². The maximum absolute atomic E-state index is 12.7. The largest absolute Gasteiger partial charge is 0.333 e. The van der Waals surface area contributed by atoms with Crippen molar-refractivity contribution in [2.45, 2.75) is 16.2 Å². The van der Waals surface area contributed by atoms with Crippen LogP contribution in [-0.2, 0) is 16.1 Å². The van der Waals surface area contributed by atoms with E-state index < -0.39 is 4.75 Å². The molecular formula is C24H20ClNOS. The van der Waals surface area contributed by atoms with Crippen LogP contribution in [0.4, 0.5) is 0 Å². The van der Waals surface area contributed by atoms with E-state index in [1.165, 1.54) is 6.08 Å². The van der Waals surface area contributed by atoms with Crippen LogP contribution in [0.5, 0.6) is 0 Å². The Morgan fingerprint density at radius 2 is 1.68 bits per heavy atom. The van der Waals surface area contributed by atoms with Crippen molar-refractivity contribution in [2.75, 3.05) is 6.54 Å². The minimum Gasteiger partial charge on any atom is -0.333 e. The monoisotopic (exact) mass is 405 g/mol. The number of thioether (sulfide) groups is 1. The quantitative estimate of drug-likeness (QED) is 0.505. The number of carbonyl (C=O) groups excluding carboxylic acids is 1. The highest BCUT2D eigenvalue weighted by Gasteiger charge is 2.42. The Morgan fingerprint density at radius 1 is 1.00 bits per heavy atom. The minimum atomic E-state index is -0.523. The second kappa shape index (κ2) is 7.86. The Balaban J connectivity index is 2.00. The van der Waals surface area contributed by atoms with Crippen molar-refractivity contribution >= 4 is 29.3 Å². The molecule has 0 aromatic heterocycles. The predicted octanol–water partition coefficient (Wildman–Crippen LogP) is 5.90. The number of fused-ring (bicyclic) bond motifs is 1. The Labute approximate surface area is 174 Å². The molecule has 1 atom stereocenters. The minimum absolute atomic E-state index is 0.0790. The molecule has 3 aromatic carbocycles. The van der Waals surface area contributed by atoms with E-state index in [-0.39, 0.29) is 5.91 Å². The third-order valence-electron chi connectivity index (χ3n) is 5.07. The first-order valence-electron chi connectivity index (χ1n) is 9.13. The SMILES string of the molecule is C=CC(=O)N1Cc2ccccc2SC(c2ccccc2)(c2ccccc2Cl)C1. The molecule has 1 aliphatic heterocycles. The maximum atomic E-state index is 12.7. The summed E-state index contributed by atoms with van der Waals surface area (Å²) < 4.78 is -0.523. The zero-order valence-electron chi connectivity index (χ0n) is 15.3. The summed E-state index contributed by atoms with van der Waals surface area (Å²) in [6, 6.07) is 26.5. The van der Waals surface area contributed by atoms with Gasteiger partial charge < -0.3 is 4.90 Å². The van der Waals surface area contributed by atoms with E-state index in [1.54, 1.807) is 11.8 Å². The lowest BCUT2D eigenvalue weighted by atomic mass is 9.89. The fourth-order valence-corrected chi connectivity index (χ4v) is 5.61. The number of hydrogen-bond donors (Lipinski definition) is 0. The molecule has 0 saturated carbocycles. The summed E-state index contributed by atoms with van der Waals surface area (Å²) in [6.45, 7) is 4.76. The van der Waals surface area contributed by atoms with Gasteiger partial charge >= 0.3 is 0 Å². The van der Waals surface area contributed by atoms with Crippen molar-refractivity contribution in [1.82, 2.24) is 4.90 Å². The standard InChI is InChI=1S/C24H20ClNOS/c1-2-23(27)26-16-18-10-6-9-15-22(18)28-24(17-26,19-11-4-3-5-12-19)20-13-7-8-14-21(20)25/h2-15H,1,16-17H2. The van der Waals surface area contributed by atoms with Gasteiger partial charge in [0.1, 0.15) is 0 Å². The molecule has 1 amide bonds. The zero-order chi connectivity index (χ0) is 19.6. The summed E-state index contributed by atoms with van der Waals surface area (Å²) in [5.74, 6) is -0.0790. The molecule has 0 saturated heterocycles. The van der Waals surface area contributed by atoms with Gasteiger partial charge in [0.2, 0.25) is 5.91 Å². The number of benzene rings is 3. The van der Waals surface area contributed by atoms with Crippen molar-refractivity contribution in [1.29, 1.82) is 0 Å². The topological polar surface area (TPSA) is 20.3 Å². The molecule has 0 radical (unpaired) electrons. The second-order valence-electron chi connectivity index (χ2n) is 6.78. The van der Waals surface area contributed by atoms with Crippen molar-refractivity contribution in [3.8, 4) is 0 Å². The number of hydrogen-bond acceptors (Lipinski definition) is 2. The van der Waals surface area contributed by atoms with Crippen LogP contribution in [0.1, 0.15) is 16.7 Å². The lowest BCUT2D eigenvalue weighted by Crippen LogP contribution is -2.40. The molecule has 4 heteroatoms. The van der Waals surface area contributed by atoms with E-state index in [0.717, 1.165) is 21.6 Å². The Kier molecular flexibility index (Phi) is 5.29.